The van der Waals surface area contributed by atoms with E-state index in [1.165, 1.54) is 53.7 Å². The molecule has 12 rings (SSSR count). The lowest BCUT2D eigenvalue weighted by Gasteiger charge is -2.33. The van der Waals surface area contributed by atoms with Gasteiger partial charge in [-0.1, -0.05) is 133 Å². The topological polar surface area (TPSA) is 34.0 Å². The van der Waals surface area contributed by atoms with Crippen LogP contribution in [0.15, 0.2) is 170 Å². The average Bonchev–Trinajstić information content (AvgIpc) is 3.77. The Bertz CT molecular complexity index is 3300. The molecule has 0 aliphatic carbocycles. The second kappa shape index (κ2) is 10.8. The van der Waals surface area contributed by atoms with Gasteiger partial charge in [-0.2, -0.15) is 0 Å². The largest absolute Gasteiger partial charge is 0.309 e. The molecule has 0 fully saturated rings. The lowest BCUT2D eigenvalue weighted by molar-refractivity contribution is 1.12. The van der Waals surface area contributed by atoms with Gasteiger partial charge in [-0.3, -0.25) is 4.90 Å². The molecule has 0 bridgehead atoms. The van der Waals surface area contributed by atoms with E-state index >= 15 is 0 Å². The molecule has 3 aromatic heterocycles. The minimum atomic E-state index is 0.666. The third-order valence-electron chi connectivity index (χ3n) is 10.9. The Morgan fingerprint density at radius 1 is 0.453 bits per heavy atom. The molecule has 1 aliphatic heterocycles. The highest BCUT2D eigenvalue weighted by molar-refractivity contribution is 7.26. The summed E-state index contributed by atoms with van der Waals surface area (Å²) in [4.78, 5) is 13.6. The van der Waals surface area contributed by atoms with E-state index in [0.29, 0.717) is 5.95 Å². The van der Waals surface area contributed by atoms with Crippen molar-refractivity contribution in [2.24, 2.45) is 0 Å². The first-order valence-corrected chi connectivity index (χ1v) is 18.7. The Labute approximate surface area is 308 Å². The van der Waals surface area contributed by atoms with E-state index in [2.05, 4.69) is 179 Å². The smallest absolute Gasteiger partial charge is 0.235 e. The predicted octanol–water partition coefficient (Wildman–Crippen LogP) is 13.4. The number of hydrogen-bond donors (Lipinski definition) is 0. The lowest BCUT2D eigenvalue weighted by atomic mass is 9.89. The van der Waals surface area contributed by atoms with Crippen LogP contribution in [0.2, 0.25) is 0 Å². The van der Waals surface area contributed by atoms with E-state index in [9.17, 15) is 0 Å². The minimum absolute atomic E-state index is 0.666. The molecule has 0 unspecified atom stereocenters. The number of benzene rings is 8. The summed E-state index contributed by atoms with van der Waals surface area (Å²) in [5, 5.41) is 8.30. The van der Waals surface area contributed by atoms with Crippen LogP contribution in [-0.2, 0) is 0 Å². The summed E-state index contributed by atoms with van der Waals surface area (Å²) in [6.45, 7) is 0. The molecular weight excluding hydrogens is 665 g/mol. The molecule has 0 saturated heterocycles. The second-order valence-corrected chi connectivity index (χ2v) is 14.8. The second-order valence-electron chi connectivity index (χ2n) is 13.7. The zero-order valence-electron chi connectivity index (χ0n) is 28.4. The average molecular weight is 693 g/mol. The number of anilines is 3. The van der Waals surface area contributed by atoms with E-state index in [1.807, 2.05) is 0 Å². The monoisotopic (exact) mass is 692 g/mol. The molecule has 11 aromatic rings. The van der Waals surface area contributed by atoms with Crippen molar-refractivity contribution in [3.63, 3.8) is 0 Å². The molecule has 246 valence electrons. The van der Waals surface area contributed by atoms with Gasteiger partial charge in [0.25, 0.3) is 0 Å². The maximum Gasteiger partial charge on any atom is 0.235 e. The molecule has 8 aromatic carbocycles. The number of fused-ring (bicyclic) bond motifs is 10. The first kappa shape index (κ1) is 28.8. The quantitative estimate of drug-likeness (QED) is 0.185. The van der Waals surface area contributed by atoms with Gasteiger partial charge in [0, 0.05) is 48.4 Å². The minimum Gasteiger partial charge on any atom is -0.309 e. The van der Waals surface area contributed by atoms with Crippen molar-refractivity contribution in [1.29, 1.82) is 0 Å². The van der Waals surface area contributed by atoms with Gasteiger partial charge in [0.15, 0.2) is 0 Å². The number of hydrogen-bond acceptors (Lipinski definition) is 4. The van der Waals surface area contributed by atoms with Crippen molar-refractivity contribution in [2.75, 3.05) is 4.90 Å². The highest BCUT2D eigenvalue weighted by Gasteiger charge is 2.31. The van der Waals surface area contributed by atoms with Crippen LogP contribution in [0.4, 0.5) is 17.3 Å². The number of aromatic nitrogens is 3. The van der Waals surface area contributed by atoms with Gasteiger partial charge in [-0.05, 0) is 52.7 Å². The number of para-hydroxylation sites is 2. The van der Waals surface area contributed by atoms with E-state index in [0.717, 1.165) is 49.4 Å². The molecule has 4 nitrogen and oxygen atoms in total. The Hall–Kier alpha value is -6.82. The van der Waals surface area contributed by atoms with Gasteiger partial charge >= 0.3 is 0 Å². The van der Waals surface area contributed by atoms with Gasteiger partial charge in [-0.25, -0.2) is 9.97 Å². The molecule has 0 spiro atoms. The SMILES string of the molecule is c1ccc(-n2c3ccccc3c3c(-c4nc(N5c6c(ccc7ccccc67)-c6cccc7cccc5c67)nc5c4sc4ccccc45)cccc32)cc1. The van der Waals surface area contributed by atoms with Crippen LogP contribution < -0.4 is 4.90 Å². The van der Waals surface area contributed by atoms with Crippen LogP contribution in [-0.4, -0.2) is 14.5 Å². The van der Waals surface area contributed by atoms with Gasteiger partial charge in [-0.15, -0.1) is 11.3 Å². The van der Waals surface area contributed by atoms with Crippen molar-refractivity contribution in [3.8, 4) is 28.1 Å². The molecule has 0 saturated carbocycles. The number of nitrogens with zero attached hydrogens (tertiary/aromatic N) is 4. The first-order chi connectivity index (χ1) is 26.3. The van der Waals surface area contributed by atoms with E-state index in [4.69, 9.17) is 9.97 Å². The third kappa shape index (κ3) is 4.00. The summed E-state index contributed by atoms with van der Waals surface area (Å²) in [5.74, 6) is 0.666. The van der Waals surface area contributed by atoms with Crippen LogP contribution in [0.25, 0.3) is 91.7 Å². The van der Waals surface area contributed by atoms with Gasteiger partial charge < -0.3 is 4.57 Å². The molecule has 0 atom stereocenters. The Morgan fingerprint density at radius 2 is 1.15 bits per heavy atom. The van der Waals surface area contributed by atoms with Crippen molar-refractivity contribution >= 4 is 92.3 Å². The van der Waals surface area contributed by atoms with E-state index in [-0.39, 0.29) is 0 Å². The molecule has 4 heterocycles. The van der Waals surface area contributed by atoms with Gasteiger partial charge in [0.1, 0.15) is 0 Å². The van der Waals surface area contributed by atoms with Crippen LogP contribution in [0.5, 0.6) is 0 Å². The van der Waals surface area contributed by atoms with Gasteiger partial charge in [0.05, 0.1) is 38.3 Å². The summed E-state index contributed by atoms with van der Waals surface area (Å²) >= 11 is 1.78. The van der Waals surface area contributed by atoms with Crippen LogP contribution >= 0.6 is 11.3 Å². The molecular formula is C48H28N4S. The number of rotatable bonds is 3. The molecule has 1 aliphatic rings. The van der Waals surface area contributed by atoms with Crippen molar-refractivity contribution in [1.82, 2.24) is 14.5 Å². The molecule has 53 heavy (non-hydrogen) atoms. The van der Waals surface area contributed by atoms with Crippen molar-refractivity contribution in [2.45, 2.75) is 0 Å². The summed E-state index contributed by atoms with van der Waals surface area (Å²) in [6, 6.07) is 61.1. The van der Waals surface area contributed by atoms with Crippen LogP contribution in [0.3, 0.4) is 0 Å². The normalized spacial score (nSPS) is 12.5. The fraction of sp³-hybridized carbons (Fsp3) is 0. The van der Waals surface area contributed by atoms with Crippen molar-refractivity contribution in [3.05, 3.63) is 170 Å². The van der Waals surface area contributed by atoms with E-state index in [1.54, 1.807) is 11.3 Å². The third-order valence-corrected chi connectivity index (χ3v) is 12.1. The maximum atomic E-state index is 5.71. The first-order valence-electron chi connectivity index (χ1n) is 17.9. The Kier molecular flexibility index (Phi) is 5.90. The molecule has 0 amide bonds. The van der Waals surface area contributed by atoms with Crippen LogP contribution in [0.1, 0.15) is 0 Å². The summed E-state index contributed by atoms with van der Waals surface area (Å²) in [7, 11) is 0. The standard InChI is InChI=1S/C48H28N4S/c1-2-16-31(17-3-1)51-38-23-8-6-19-35(38)43-37(22-12-25-40(43)51)45-47-44(36-20-7-9-26-41(36)53-47)49-48(50-45)52-39-24-11-15-30-14-10-21-33(42(30)39)34-28-27-29-13-4-5-18-32(29)46(34)52/h1-28H. The zero-order valence-corrected chi connectivity index (χ0v) is 29.2. The van der Waals surface area contributed by atoms with Crippen LogP contribution in [0, 0.1) is 0 Å². The predicted molar refractivity (Wildman–Crippen MR) is 223 cm³/mol. The fourth-order valence-electron chi connectivity index (χ4n) is 8.71. The Morgan fingerprint density at radius 3 is 2.06 bits per heavy atom. The lowest BCUT2D eigenvalue weighted by Crippen LogP contribution is -2.18. The van der Waals surface area contributed by atoms with E-state index < -0.39 is 0 Å². The maximum absolute atomic E-state index is 5.71. The molecule has 0 N–H and O–H groups in total. The molecule has 5 heteroatoms. The fourth-order valence-corrected chi connectivity index (χ4v) is 9.85. The molecule has 0 radical (unpaired) electrons. The van der Waals surface area contributed by atoms with Crippen molar-refractivity contribution < 1.29 is 0 Å². The highest BCUT2D eigenvalue weighted by atomic mass is 32.1. The summed E-state index contributed by atoms with van der Waals surface area (Å²) in [5.41, 5.74) is 11.1. The van der Waals surface area contributed by atoms with Gasteiger partial charge in [0.2, 0.25) is 5.95 Å². The number of thiophene rings is 1. The summed E-state index contributed by atoms with van der Waals surface area (Å²) < 4.78 is 4.67. The zero-order chi connectivity index (χ0) is 34.6. The highest BCUT2D eigenvalue weighted by Crippen LogP contribution is 2.54. The Balaban J connectivity index is 1.24. The summed E-state index contributed by atoms with van der Waals surface area (Å²) in [6.07, 6.45) is 0.